The van der Waals surface area contributed by atoms with Gasteiger partial charge in [0, 0.05) is 0 Å². The second-order valence-corrected chi connectivity index (χ2v) is 9.56. The van der Waals surface area contributed by atoms with Crippen LogP contribution in [0.2, 0.25) is 0 Å². The van der Waals surface area contributed by atoms with Gasteiger partial charge in [0.15, 0.2) is 17.9 Å². The van der Waals surface area contributed by atoms with Gasteiger partial charge in [-0.3, -0.25) is 19.2 Å². The first-order chi connectivity index (χ1) is 19.2. The summed E-state index contributed by atoms with van der Waals surface area (Å²) in [4.78, 5) is 63.2. The lowest BCUT2D eigenvalue weighted by molar-refractivity contribution is -0.174. The molecule has 1 saturated heterocycles. The number of amides is 2. The molecule has 3 rings (SSSR count). The highest BCUT2D eigenvalue weighted by molar-refractivity contribution is 6.01. The summed E-state index contributed by atoms with van der Waals surface area (Å²) in [7, 11) is 0. The molecule has 11 heteroatoms. The van der Waals surface area contributed by atoms with Gasteiger partial charge in [0.1, 0.15) is 12.2 Å². The molecule has 0 unspecified atom stereocenters. The minimum atomic E-state index is -1.44. The van der Waals surface area contributed by atoms with Crippen LogP contribution in [0.4, 0.5) is 5.69 Å². The zero-order valence-electron chi connectivity index (χ0n) is 22.6. The van der Waals surface area contributed by atoms with E-state index in [1.807, 2.05) is 13.0 Å². The summed E-state index contributed by atoms with van der Waals surface area (Å²) in [6, 6.07) is 11.6. The van der Waals surface area contributed by atoms with Crippen LogP contribution in [0.3, 0.4) is 0 Å². The Labute approximate surface area is 232 Å². The minimum absolute atomic E-state index is 0.00767. The van der Waals surface area contributed by atoms with Crippen molar-refractivity contribution in [2.24, 2.45) is 5.92 Å². The number of cyclic esters (lactones) is 2. The molecule has 11 nitrogen and oxygen atoms in total. The van der Waals surface area contributed by atoms with Crippen LogP contribution in [-0.4, -0.2) is 59.7 Å². The second kappa shape index (κ2) is 14.1. The highest BCUT2D eigenvalue weighted by atomic mass is 16.6. The largest absolute Gasteiger partial charge is 0.505 e. The normalized spacial score (nSPS) is 22.9. The third-order valence-corrected chi connectivity index (χ3v) is 6.60. The molecule has 0 aliphatic carbocycles. The first-order valence-corrected chi connectivity index (χ1v) is 13.1. The smallest absolute Gasteiger partial charge is 0.332 e. The van der Waals surface area contributed by atoms with Gasteiger partial charge in [0.25, 0.3) is 5.91 Å². The monoisotopic (exact) mass is 554 g/mol. The fourth-order valence-corrected chi connectivity index (χ4v) is 4.46. The van der Waals surface area contributed by atoms with E-state index >= 15 is 0 Å². The van der Waals surface area contributed by atoms with E-state index in [9.17, 15) is 29.1 Å². The quantitative estimate of drug-likeness (QED) is 0.174. The molecule has 0 spiro atoms. The lowest BCUT2D eigenvalue weighted by atomic mass is 9.92. The Kier molecular flexibility index (Phi) is 10.6. The van der Waals surface area contributed by atoms with Crippen molar-refractivity contribution in [2.75, 3.05) is 5.32 Å². The summed E-state index contributed by atoms with van der Waals surface area (Å²) in [6.45, 7) is 4.89. The summed E-state index contributed by atoms with van der Waals surface area (Å²) >= 11 is 0. The molecular formula is C29H34N2O9. The predicted octanol–water partition coefficient (Wildman–Crippen LogP) is 2.90. The molecule has 0 bridgehead atoms. The third-order valence-electron chi connectivity index (χ3n) is 6.60. The number of phenols is 1. The molecule has 0 aromatic heterocycles. The molecule has 40 heavy (non-hydrogen) atoms. The van der Waals surface area contributed by atoms with Crippen LogP contribution in [0.25, 0.3) is 0 Å². The maximum absolute atomic E-state index is 13.3. The number of hydrogen-bond acceptors (Lipinski definition) is 9. The molecule has 1 fully saturated rings. The number of carbonyl (C=O) groups excluding carboxylic acids is 5. The van der Waals surface area contributed by atoms with Crippen molar-refractivity contribution in [2.45, 2.75) is 70.8 Å². The van der Waals surface area contributed by atoms with Gasteiger partial charge in [-0.25, -0.2) is 4.79 Å². The van der Waals surface area contributed by atoms with Gasteiger partial charge in [-0.05, 0) is 38.0 Å². The third kappa shape index (κ3) is 7.58. The molecule has 0 radical (unpaired) electrons. The standard InChI is InChI=1S/C29H34N2O9/c1-4-5-12-21-26(40-23(33)15-19-10-7-6-8-11-19)18(3)39-29(37)24(17(2)38-28(21)36)31-27(35)20-13-9-14-22(25(20)34)30-16-32/h6-11,13-14,16-18,21,24,26,34H,4-5,12,15H2,1-3H3,(H,30,32)(H,31,35)/t17-,18+,21-,24-,26+/m1/s1. The Balaban J connectivity index is 1.85. The first kappa shape index (κ1) is 30.1. The number of anilines is 1. The molecule has 1 heterocycles. The summed E-state index contributed by atoms with van der Waals surface area (Å²) in [5, 5.41) is 15.1. The van der Waals surface area contributed by atoms with Crippen LogP contribution >= 0.6 is 0 Å². The van der Waals surface area contributed by atoms with E-state index in [1.165, 1.54) is 32.0 Å². The van der Waals surface area contributed by atoms with Crippen molar-refractivity contribution in [3.8, 4) is 5.75 Å². The molecule has 2 aromatic carbocycles. The fraction of sp³-hybridized carbons (Fsp3) is 0.414. The maximum atomic E-state index is 13.3. The number of phenolic OH excluding ortho intramolecular Hbond substituents is 1. The van der Waals surface area contributed by atoms with Gasteiger partial charge in [-0.15, -0.1) is 0 Å². The van der Waals surface area contributed by atoms with Crippen molar-refractivity contribution >= 4 is 35.9 Å². The summed E-state index contributed by atoms with van der Waals surface area (Å²) in [5.74, 6) is -4.48. The van der Waals surface area contributed by atoms with Crippen molar-refractivity contribution in [1.82, 2.24) is 5.32 Å². The van der Waals surface area contributed by atoms with Crippen LogP contribution in [-0.2, 0) is 39.8 Å². The molecule has 0 saturated carbocycles. The van der Waals surface area contributed by atoms with Gasteiger partial charge in [-0.1, -0.05) is 56.2 Å². The molecule has 2 aromatic rings. The highest BCUT2D eigenvalue weighted by Gasteiger charge is 2.43. The number of aromatic hydroxyl groups is 1. The number of esters is 3. The maximum Gasteiger partial charge on any atom is 0.332 e. The Hall–Kier alpha value is -4.41. The zero-order chi connectivity index (χ0) is 29.2. The molecular weight excluding hydrogens is 520 g/mol. The van der Waals surface area contributed by atoms with E-state index in [4.69, 9.17) is 14.2 Å². The van der Waals surface area contributed by atoms with Crippen LogP contribution < -0.4 is 10.6 Å². The average molecular weight is 555 g/mol. The van der Waals surface area contributed by atoms with E-state index in [-0.39, 0.29) is 17.7 Å². The average Bonchev–Trinajstić information content (AvgIpc) is 2.94. The second-order valence-electron chi connectivity index (χ2n) is 9.56. The highest BCUT2D eigenvalue weighted by Crippen LogP contribution is 2.29. The number of carbonyl (C=O) groups is 5. The zero-order valence-corrected chi connectivity index (χ0v) is 22.6. The molecule has 1 aliphatic heterocycles. The van der Waals surface area contributed by atoms with Crippen molar-refractivity contribution < 1.29 is 43.3 Å². The van der Waals surface area contributed by atoms with Crippen LogP contribution in [0.1, 0.15) is 56.0 Å². The number of rotatable bonds is 10. The van der Waals surface area contributed by atoms with E-state index in [0.29, 0.717) is 19.3 Å². The number of benzene rings is 2. The Morgan fingerprint density at radius 2 is 1.70 bits per heavy atom. The summed E-state index contributed by atoms with van der Waals surface area (Å²) in [5.41, 5.74) is 0.492. The van der Waals surface area contributed by atoms with Gasteiger partial charge >= 0.3 is 17.9 Å². The Bertz CT molecular complexity index is 1220. The van der Waals surface area contributed by atoms with Gasteiger partial charge < -0.3 is 30.0 Å². The van der Waals surface area contributed by atoms with Crippen LogP contribution in [0, 0.1) is 5.92 Å². The summed E-state index contributed by atoms with van der Waals surface area (Å²) in [6.07, 6.45) is -1.29. The number of unbranched alkanes of at least 4 members (excludes halogenated alkanes) is 1. The van der Waals surface area contributed by atoms with Crippen LogP contribution in [0.15, 0.2) is 48.5 Å². The predicted molar refractivity (Wildman–Crippen MR) is 143 cm³/mol. The Morgan fingerprint density at radius 3 is 2.38 bits per heavy atom. The number of ether oxygens (including phenoxy) is 3. The van der Waals surface area contributed by atoms with Gasteiger partial charge in [-0.2, -0.15) is 0 Å². The van der Waals surface area contributed by atoms with Crippen molar-refractivity contribution in [1.29, 1.82) is 0 Å². The molecule has 5 atom stereocenters. The van der Waals surface area contributed by atoms with Gasteiger partial charge in [0.2, 0.25) is 6.41 Å². The van der Waals surface area contributed by atoms with E-state index in [1.54, 1.807) is 24.3 Å². The molecule has 2 amide bonds. The van der Waals surface area contributed by atoms with E-state index in [2.05, 4.69) is 10.6 Å². The number of hydrogen-bond donors (Lipinski definition) is 3. The number of nitrogens with one attached hydrogen (secondary N) is 2. The van der Waals surface area contributed by atoms with Crippen molar-refractivity contribution in [3.63, 3.8) is 0 Å². The first-order valence-electron chi connectivity index (χ1n) is 13.1. The fourth-order valence-electron chi connectivity index (χ4n) is 4.46. The SMILES string of the molecule is CCCC[C@H]1C(=O)O[C@H](C)[C@@H](NC(=O)c2cccc(NC=O)c2O)C(=O)O[C@@H](C)[C@@H]1OC(=O)Cc1ccccc1. The van der Waals surface area contributed by atoms with Crippen LogP contribution in [0.5, 0.6) is 5.75 Å². The molecule has 1 aliphatic rings. The van der Waals surface area contributed by atoms with E-state index < -0.39 is 59.8 Å². The molecule has 214 valence electrons. The molecule has 3 N–H and O–H groups in total. The summed E-state index contributed by atoms with van der Waals surface area (Å²) < 4.78 is 17.0. The van der Waals surface area contributed by atoms with Gasteiger partial charge in [0.05, 0.1) is 23.6 Å². The lowest BCUT2D eigenvalue weighted by Gasteiger charge is -2.29. The Morgan fingerprint density at radius 1 is 1.00 bits per heavy atom. The lowest BCUT2D eigenvalue weighted by Crippen LogP contribution is -2.50. The number of para-hydroxylation sites is 1. The minimum Gasteiger partial charge on any atom is -0.505 e. The van der Waals surface area contributed by atoms with E-state index in [0.717, 1.165) is 12.0 Å². The topological polar surface area (TPSA) is 157 Å². The van der Waals surface area contributed by atoms with Crippen molar-refractivity contribution in [3.05, 3.63) is 59.7 Å².